The lowest BCUT2D eigenvalue weighted by molar-refractivity contribution is -0.201. The average molecular weight is 903 g/mol. The number of rotatable bonds is 5. The molecule has 6 nitrogen and oxygen atoms in total. The lowest BCUT2D eigenvalue weighted by Gasteiger charge is -2.54. The number of carbonyl (C=O) groups excluding carboxylic acids is 2. The van der Waals surface area contributed by atoms with Gasteiger partial charge in [-0.1, -0.05) is 41.9 Å². The third-order valence-electron chi connectivity index (χ3n) is 13.8. The fourth-order valence-electron chi connectivity index (χ4n) is 10.4. The second-order valence-corrected chi connectivity index (χ2v) is 17.6. The van der Waals surface area contributed by atoms with Crippen molar-refractivity contribution in [3.8, 4) is 22.3 Å². The topological polar surface area (TPSA) is 89.9 Å². The van der Waals surface area contributed by atoms with Crippen molar-refractivity contribution in [3.63, 3.8) is 0 Å². The van der Waals surface area contributed by atoms with Crippen LogP contribution in [0.3, 0.4) is 0 Å². The van der Waals surface area contributed by atoms with E-state index in [0.29, 0.717) is 27.3 Å². The monoisotopic (exact) mass is 902 g/mol. The van der Waals surface area contributed by atoms with Crippen LogP contribution in [-0.4, -0.2) is 56.4 Å². The molecule has 4 aromatic carbocycles. The summed E-state index contributed by atoms with van der Waals surface area (Å²) >= 11 is 6.14. The molecule has 4 aromatic rings. The number of carbonyl (C=O) groups is 2. The Bertz CT molecular complexity index is 2630. The Balaban J connectivity index is 1.33. The van der Waals surface area contributed by atoms with Gasteiger partial charge in [0.2, 0.25) is 0 Å². The van der Waals surface area contributed by atoms with Crippen LogP contribution in [0.4, 0.5) is 39.5 Å². The molecule has 2 amide bonds. The van der Waals surface area contributed by atoms with Gasteiger partial charge < -0.3 is 20.4 Å². The minimum Gasteiger partial charge on any atom is -0.509 e. The summed E-state index contributed by atoms with van der Waals surface area (Å²) < 4.78 is 131. The van der Waals surface area contributed by atoms with E-state index in [1.54, 1.807) is 50.2 Å². The molecule has 2 saturated carbocycles. The van der Waals surface area contributed by atoms with E-state index >= 15 is 9.18 Å². The predicted octanol–water partition coefficient (Wildman–Crippen LogP) is 12.2. The average Bonchev–Trinajstić information content (AvgIpc) is 3.57. The van der Waals surface area contributed by atoms with Gasteiger partial charge in [-0.25, -0.2) is 13.2 Å². The Hall–Kier alpha value is -5.44. The molecule has 3 unspecified atom stereocenters. The second kappa shape index (κ2) is 15.4. The van der Waals surface area contributed by atoms with Crippen molar-refractivity contribution in [2.75, 3.05) is 0 Å². The quantitative estimate of drug-likeness (QED) is 0.174. The minimum atomic E-state index is -4.87. The zero-order valence-corrected chi connectivity index (χ0v) is 34.7. The molecule has 3 atom stereocenters. The van der Waals surface area contributed by atoms with Crippen LogP contribution in [-0.2, 0) is 9.59 Å². The number of alkyl halides is 6. The van der Waals surface area contributed by atoms with Crippen LogP contribution in [0.15, 0.2) is 78.2 Å². The van der Waals surface area contributed by atoms with Gasteiger partial charge in [-0.15, -0.1) is 0 Å². The summed E-state index contributed by atoms with van der Waals surface area (Å²) in [5.41, 5.74) is -3.21. The molecule has 2 aliphatic heterocycles. The van der Waals surface area contributed by atoms with Gasteiger partial charge in [-0.3, -0.25) is 9.59 Å². The molecular weight excluding hydrogens is 863 g/mol. The molecular formula is C47H40ClF9N2O4. The number of aliphatic hydroxyl groups is 2. The largest absolute Gasteiger partial charge is 0.509 e. The molecule has 8 rings (SSSR count). The smallest absolute Gasteiger partial charge is 0.391 e. The number of amides is 2. The van der Waals surface area contributed by atoms with Crippen molar-refractivity contribution < 1.29 is 59.3 Å². The fourth-order valence-corrected chi connectivity index (χ4v) is 10.5. The molecule has 0 saturated heterocycles. The van der Waals surface area contributed by atoms with Crippen LogP contribution in [0, 0.1) is 50.1 Å². The van der Waals surface area contributed by atoms with Crippen molar-refractivity contribution in [2.45, 2.75) is 95.2 Å². The Morgan fingerprint density at radius 1 is 0.667 bits per heavy atom. The Morgan fingerprint density at radius 2 is 1.27 bits per heavy atom. The Labute approximate surface area is 361 Å². The maximum absolute atomic E-state index is 15.7. The first-order chi connectivity index (χ1) is 29.5. The number of hydrogen-bond donors (Lipinski definition) is 3. The van der Waals surface area contributed by atoms with Gasteiger partial charge in [-0.2, -0.15) is 26.3 Å². The fraction of sp³-hybridized carbons (Fsp3) is 0.362. The third kappa shape index (κ3) is 7.14. The highest BCUT2D eigenvalue weighted by atomic mass is 35.5. The molecule has 0 bridgehead atoms. The van der Waals surface area contributed by atoms with Gasteiger partial charge in [-0.05, 0) is 152 Å². The van der Waals surface area contributed by atoms with Crippen molar-refractivity contribution in [2.24, 2.45) is 11.8 Å². The molecule has 2 heterocycles. The molecule has 2 spiro atoms. The van der Waals surface area contributed by atoms with Crippen LogP contribution in [0.1, 0.15) is 72.8 Å². The highest BCUT2D eigenvalue weighted by molar-refractivity contribution is 6.30. The number of benzene rings is 4. The van der Waals surface area contributed by atoms with Crippen molar-refractivity contribution in [1.29, 1.82) is 0 Å². The second-order valence-electron chi connectivity index (χ2n) is 17.1. The zero-order chi connectivity index (χ0) is 45.7. The summed E-state index contributed by atoms with van der Waals surface area (Å²) in [4.78, 5) is 30.7. The van der Waals surface area contributed by atoms with E-state index in [4.69, 9.17) is 11.6 Å². The number of aliphatic hydroxyl groups excluding tert-OH is 2. The van der Waals surface area contributed by atoms with Gasteiger partial charge in [0.05, 0.1) is 29.0 Å². The highest BCUT2D eigenvalue weighted by Crippen LogP contribution is 2.58. The minimum absolute atomic E-state index is 0.00955. The molecule has 2 aliphatic carbocycles. The lowest BCUT2D eigenvalue weighted by atomic mass is 9.68. The molecule has 2 fully saturated rings. The molecule has 3 N–H and O–H groups in total. The van der Waals surface area contributed by atoms with Crippen LogP contribution in [0.5, 0.6) is 0 Å². The number of nitrogens with zero attached hydrogens (tertiary/aromatic N) is 1. The van der Waals surface area contributed by atoms with Gasteiger partial charge >= 0.3 is 12.4 Å². The summed E-state index contributed by atoms with van der Waals surface area (Å²) in [7, 11) is 0. The number of halogens is 10. The maximum atomic E-state index is 15.7. The summed E-state index contributed by atoms with van der Waals surface area (Å²) in [5.74, 6) is -10.9. The normalized spacial score (nSPS) is 25.5. The van der Waals surface area contributed by atoms with E-state index in [0.717, 1.165) is 29.2 Å². The van der Waals surface area contributed by atoms with Crippen molar-refractivity contribution >= 4 is 34.6 Å². The summed E-state index contributed by atoms with van der Waals surface area (Å²) in [6, 6.07) is 13.3. The first kappa shape index (κ1) is 44.2. The van der Waals surface area contributed by atoms with E-state index in [2.05, 4.69) is 5.32 Å². The third-order valence-corrected chi connectivity index (χ3v) is 14.0. The van der Waals surface area contributed by atoms with Crippen molar-refractivity contribution in [3.05, 3.63) is 129 Å². The number of nitrogens with one attached hydrogen (secondary N) is 1. The van der Waals surface area contributed by atoms with Crippen LogP contribution < -0.4 is 5.32 Å². The number of aryl methyl sites for hydroxylation is 1. The van der Waals surface area contributed by atoms with Crippen LogP contribution in [0.2, 0.25) is 5.02 Å². The maximum Gasteiger partial charge on any atom is 0.391 e. The first-order valence-electron chi connectivity index (χ1n) is 20.3. The van der Waals surface area contributed by atoms with Crippen LogP contribution in [0.25, 0.3) is 33.4 Å². The summed E-state index contributed by atoms with van der Waals surface area (Å²) in [6.07, 6.45) is -14.0. The van der Waals surface area contributed by atoms with Gasteiger partial charge in [0.15, 0.2) is 11.6 Å². The lowest BCUT2D eigenvalue weighted by Crippen LogP contribution is -2.69. The van der Waals surface area contributed by atoms with Crippen LogP contribution >= 0.6 is 11.6 Å². The van der Waals surface area contributed by atoms with Crippen molar-refractivity contribution in [1.82, 2.24) is 10.2 Å². The molecule has 0 radical (unpaired) electrons. The SMILES string of the molecule is Cc1ccc(-c2ccc(Cl)cc2)c(C)c1C1=C(O)C2(CCC(C(F)(F)F)CC2)N(C2CC(C(F)(F)F)CCC23NC(=O)C(c2cc(-c4ccc(F)c(F)c4)cc(F)c2C)=C3O)C1=O. The standard InChI is InChI=1S/C47H40ClF9N2O4/c1-22-4-10-31(25-5-8-30(48)9-6-25)24(3)37(22)39-40(60)44(15-12-28(13-16-44)46(52,53)54)59(43(39)63)36-21-29(47(55,56)57)14-17-45(36)41(61)38(42(62)58-45)32-18-27(20-34(50)23(32)2)26-7-11-33(49)35(51)19-26/h4-11,18-20,28-29,36,60-61H,12-17,21H2,1-3H3,(H,58,62). The van der Waals surface area contributed by atoms with E-state index < -0.39 is 133 Å². The zero-order valence-electron chi connectivity index (χ0n) is 34.0. The van der Waals surface area contributed by atoms with E-state index in [1.807, 2.05) is 0 Å². The molecule has 16 heteroatoms. The Kier molecular flexibility index (Phi) is 10.8. The molecule has 4 aliphatic rings. The van der Waals surface area contributed by atoms with Gasteiger partial charge in [0.1, 0.15) is 28.4 Å². The Morgan fingerprint density at radius 3 is 1.89 bits per heavy atom. The van der Waals surface area contributed by atoms with Gasteiger partial charge in [0, 0.05) is 5.02 Å². The predicted molar refractivity (Wildman–Crippen MR) is 218 cm³/mol. The summed E-state index contributed by atoms with van der Waals surface area (Å²) in [5, 5.41) is 28.0. The van der Waals surface area contributed by atoms with Gasteiger partial charge in [0.25, 0.3) is 11.8 Å². The summed E-state index contributed by atoms with van der Waals surface area (Å²) in [6.45, 7) is 4.59. The molecule has 332 valence electrons. The van der Waals surface area contributed by atoms with E-state index in [1.165, 1.54) is 13.0 Å². The first-order valence-corrected chi connectivity index (χ1v) is 20.7. The van der Waals surface area contributed by atoms with E-state index in [-0.39, 0.29) is 33.4 Å². The molecule has 0 aromatic heterocycles. The highest BCUT2D eigenvalue weighted by Gasteiger charge is 2.66. The van der Waals surface area contributed by atoms with E-state index in [9.17, 15) is 50.1 Å². The molecule has 63 heavy (non-hydrogen) atoms. The number of hydrogen-bond acceptors (Lipinski definition) is 4.